The summed E-state index contributed by atoms with van der Waals surface area (Å²) < 4.78 is 0. The van der Waals surface area contributed by atoms with Gasteiger partial charge < -0.3 is 15.5 Å². The summed E-state index contributed by atoms with van der Waals surface area (Å²) in [6.45, 7) is 4.28. The van der Waals surface area contributed by atoms with Crippen molar-refractivity contribution in [2.75, 3.05) is 6.61 Å². The van der Waals surface area contributed by atoms with Gasteiger partial charge in [-0.25, -0.2) is 0 Å². The third-order valence-corrected chi connectivity index (χ3v) is 10.3. The van der Waals surface area contributed by atoms with Gasteiger partial charge in [-0.1, -0.05) is 210 Å². The molecule has 52 heavy (non-hydrogen) atoms. The molecular weight excluding hydrogens is 639 g/mol. The lowest BCUT2D eigenvalue weighted by atomic mass is 10.0. The lowest BCUT2D eigenvalue weighted by Gasteiger charge is -2.19. The molecule has 2 unspecified atom stereocenters. The number of nitrogens with one attached hydrogen (secondary N) is 1. The van der Waals surface area contributed by atoms with Gasteiger partial charge in [0.2, 0.25) is 5.91 Å². The Morgan fingerprint density at radius 2 is 0.808 bits per heavy atom. The van der Waals surface area contributed by atoms with E-state index in [1.54, 1.807) is 6.08 Å². The summed E-state index contributed by atoms with van der Waals surface area (Å²) in [6.07, 6.45) is 59.4. The van der Waals surface area contributed by atoms with Crippen molar-refractivity contribution in [3.05, 3.63) is 48.6 Å². The minimum Gasteiger partial charge on any atom is -0.394 e. The number of hydrogen-bond acceptors (Lipinski definition) is 3. The monoisotopic (exact) mass is 728 g/mol. The molecule has 2 atom stereocenters. The standard InChI is InChI=1S/C48H89NO3/c1-3-5-7-9-11-13-15-17-19-21-23-24-25-26-27-29-31-33-35-37-39-41-43-47(51)46(45-50)49-48(52)44-42-40-38-36-34-32-30-28-22-20-18-16-14-12-10-8-6-4-2/h14,16,20,22,33,35,41,43,46-47,50-51H,3-13,15,17-19,21,23-32,34,36-40,42,44-45H2,1-2H3,(H,49,52)/b16-14-,22-20-,35-33+,43-41+. The Bertz CT molecular complexity index is 831. The second-order valence-corrected chi connectivity index (χ2v) is 15.5. The van der Waals surface area contributed by atoms with Crippen molar-refractivity contribution in [3.8, 4) is 0 Å². The molecule has 0 aromatic carbocycles. The van der Waals surface area contributed by atoms with Crippen molar-refractivity contribution in [3.63, 3.8) is 0 Å². The van der Waals surface area contributed by atoms with Gasteiger partial charge in [0.25, 0.3) is 0 Å². The summed E-state index contributed by atoms with van der Waals surface area (Å²) in [5, 5.41) is 23.0. The van der Waals surface area contributed by atoms with Crippen molar-refractivity contribution in [2.24, 2.45) is 0 Å². The van der Waals surface area contributed by atoms with Crippen LogP contribution in [0.1, 0.15) is 232 Å². The fourth-order valence-electron chi connectivity index (χ4n) is 6.75. The second-order valence-electron chi connectivity index (χ2n) is 15.5. The van der Waals surface area contributed by atoms with Crippen LogP contribution in [0.4, 0.5) is 0 Å². The minimum atomic E-state index is -0.866. The zero-order valence-corrected chi connectivity index (χ0v) is 34.8. The molecule has 0 aliphatic rings. The van der Waals surface area contributed by atoms with Crippen LogP contribution in [0.15, 0.2) is 48.6 Å². The molecule has 304 valence electrons. The van der Waals surface area contributed by atoms with Gasteiger partial charge in [0.05, 0.1) is 18.8 Å². The first kappa shape index (κ1) is 50.4. The predicted octanol–water partition coefficient (Wildman–Crippen LogP) is 14.4. The second kappa shape index (κ2) is 43.8. The van der Waals surface area contributed by atoms with E-state index in [1.807, 2.05) is 6.08 Å². The summed E-state index contributed by atoms with van der Waals surface area (Å²) in [5.74, 6) is -0.0818. The average Bonchev–Trinajstić information content (AvgIpc) is 3.15. The molecule has 0 saturated heterocycles. The van der Waals surface area contributed by atoms with Gasteiger partial charge >= 0.3 is 0 Å². The van der Waals surface area contributed by atoms with Crippen LogP contribution >= 0.6 is 0 Å². The fraction of sp³-hybridized carbons (Fsp3) is 0.812. The smallest absolute Gasteiger partial charge is 0.220 e. The summed E-state index contributed by atoms with van der Waals surface area (Å²) in [4.78, 5) is 12.4. The SMILES string of the molecule is CCCCCC/C=C\C/C=C\CCCCCCCCCC(=O)NC(CO)C(O)/C=C/CC/C=C/CCCCCCCCCCCCCCCCCC. The highest BCUT2D eigenvalue weighted by Gasteiger charge is 2.17. The van der Waals surface area contributed by atoms with Gasteiger partial charge in [0.15, 0.2) is 0 Å². The van der Waals surface area contributed by atoms with Crippen molar-refractivity contribution in [1.29, 1.82) is 0 Å². The minimum absolute atomic E-state index is 0.0818. The molecule has 0 radical (unpaired) electrons. The first-order valence-electron chi connectivity index (χ1n) is 22.9. The van der Waals surface area contributed by atoms with Gasteiger partial charge in [-0.05, 0) is 64.2 Å². The van der Waals surface area contributed by atoms with Crippen molar-refractivity contribution < 1.29 is 15.0 Å². The molecule has 4 nitrogen and oxygen atoms in total. The molecule has 0 spiro atoms. The normalized spacial score (nSPS) is 13.4. The molecule has 0 aliphatic carbocycles. The number of aliphatic hydroxyl groups is 2. The van der Waals surface area contributed by atoms with E-state index in [0.717, 1.165) is 44.9 Å². The van der Waals surface area contributed by atoms with Crippen LogP contribution in [0, 0.1) is 0 Å². The molecule has 0 saturated carbocycles. The molecule has 0 bridgehead atoms. The summed E-state index contributed by atoms with van der Waals surface area (Å²) in [5.41, 5.74) is 0. The Balaban J connectivity index is 3.62. The number of allylic oxidation sites excluding steroid dienone is 7. The molecule has 4 heteroatoms. The Morgan fingerprint density at radius 3 is 1.25 bits per heavy atom. The van der Waals surface area contributed by atoms with E-state index < -0.39 is 12.1 Å². The molecule has 0 aliphatic heterocycles. The van der Waals surface area contributed by atoms with E-state index >= 15 is 0 Å². The van der Waals surface area contributed by atoms with E-state index in [0.29, 0.717) is 6.42 Å². The molecule has 0 aromatic rings. The van der Waals surface area contributed by atoms with E-state index in [1.165, 1.54) is 167 Å². The summed E-state index contributed by atoms with van der Waals surface area (Å²) in [6, 6.07) is -0.644. The maximum Gasteiger partial charge on any atom is 0.220 e. The Labute approximate surface area is 324 Å². The number of rotatable bonds is 41. The highest BCUT2D eigenvalue weighted by molar-refractivity contribution is 5.76. The zero-order chi connectivity index (χ0) is 37.8. The van der Waals surface area contributed by atoms with Gasteiger partial charge in [0.1, 0.15) is 0 Å². The molecule has 0 rings (SSSR count). The van der Waals surface area contributed by atoms with Crippen LogP contribution in [0.3, 0.4) is 0 Å². The first-order valence-corrected chi connectivity index (χ1v) is 22.9. The summed E-state index contributed by atoms with van der Waals surface area (Å²) >= 11 is 0. The van der Waals surface area contributed by atoms with Gasteiger partial charge in [-0.2, -0.15) is 0 Å². The predicted molar refractivity (Wildman–Crippen MR) is 230 cm³/mol. The highest BCUT2D eigenvalue weighted by atomic mass is 16.3. The zero-order valence-electron chi connectivity index (χ0n) is 34.8. The van der Waals surface area contributed by atoms with Crippen LogP contribution in [0.2, 0.25) is 0 Å². The number of aliphatic hydroxyl groups excluding tert-OH is 2. The molecule has 1 amide bonds. The van der Waals surface area contributed by atoms with Crippen molar-refractivity contribution in [2.45, 2.75) is 244 Å². The first-order chi connectivity index (χ1) is 25.7. The van der Waals surface area contributed by atoms with Crippen molar-refractivity contribution in [1.82, 2.24) is 5.32 Å². The van der Waals surface area contributed by atoms with E-state index in [2.05, 4.69) is 55.6 Å². The number of carbonyl (C=O) groups excluding carboxylic acids is 1. The number of unbranched alkanes of at least 4 members (excludes halogenated alkanes) is 28. The molecule has 0 fully saturated rings. The van der Waals surface area contributed by atoms with Crippen LogP contribution in [0.25, 0.3) is 0 Å². The average molecular weight is 728 g/mol. The topological polar surface area (TPSA) is 69.6 Å². The number of carbonyl (C=O) groups is 1. The maximum absolute atomic E-state index is 12.4. The molecule has 3 N–H and O–H groups in total. The maximum atomic E-state index is 12.4. The Morgan fingerprint density at radius 1 is 0.462 bits per heavy atom. The fourth-order valence-corrected chi connectivity index (χ4v) is 6.75. The van der Waals surface area contributed by atoms with Gasteiger partial charge in [-0.3, -0.25) is 4.79 Å². The van der Waals surface area contributed by atoms with Crippen molar-refractivity contribution >= 4 is 5.91 Å². The van der Waals surface area contributed by atoms with Gasteiger partial charge in [0, 0.05) is 6.42 Å². The Kier molecular flexibility index (Phi) is 42.4. The molecular formula is C48H89NO3. The number of amides is 1. The third kappa shape index (κ3) is 39.6. The van der Waals surface area contributed by atoms with Crippen LogP contribution < -0.4 is 5.32 Å². The summed E-state index contributed by atoms with van der Waals surface area (Å²) in [7, 11) is 0. The lowest BCUT2D eigenvalue weighted by Crippen LogP contribution is -2.45. The quantitative estimate of drug-likeness (QED) is 0.0434. The number of hydrogen-bond donors (Lipinski definition) is 3. The lowest BCUT2D eigenvalue weighted by molar-refractivity contribution is -0.123. The van der Waals surface area contributed by atoms with Crippen LogP contribution in [-0.2, 0) is 4.79 Å². The largest absolute Gasteiger partial charge is 0.394 e. The van der Waals surface area contributed by atoms with E-state index in [-0.39, 0.29) is 12.5 Å². The van der Waals surface area contributed by atoms with E-state index in [9.17, 15) is 15.0 Å². The highest BCUT2D eigenvalue weighted by Crippen LogP contribution is 2.15. The molecule has 0 heterocycles. The Hall–Kier alpha value is -1.65. The van der Waals surface area contributed by atoms with E-state index in [4.69, 9.17) is 0 Å². The molecule has 0 aromatic heterocycles. The third-order valence-electron chi connectivity index (χ3n) is 10.3. The van der Waals surface area contributed by atoms with Gasteiger partial charge in [-0.15, -0.1) is 0 Å². The van der Waals surface area contributed by atoms with Crippen LogP contribution in [-0.4, -0.2) is 34.9 Å². The van der Waals surface area contributed by atoms with Crippen LogP contribution in [0.5, 0.6) is 0 Å².